The van der Waals surface area contributed by atoms with Crippen LogP contribution in [0.3, 0.4) is 0 Å². The van der Waals surface area contributed by atoms with Gasteiger partial charge in [-0.05, 0) is 39.0 Å². The van der Waals surface area contributed by atoms with Crippen LogP contribution in [-0.4, -0.2) is 46.6 Å². The van der Waals surface area contributed by atoms with Crippen molar-refractivity contribution < 1.29 is 14.7 Å². The van der Waals surface area contributed by atoms with Gasteiger partial charge < -0.3 is 15.3 Å². The van der Waals surface area contributed by atoms with Crippen molar-refractivity contribution in [3.8, 4) is 0 Å². The van der Waals surface area contributed by atoms with Crippen LogP contribution in [0.5, 0.6) is 0 Å². The van der Waals surface area contributed by atoms with Gasteiger partial charge in [0.05, 0.1) is 17.9 Å². The SMILES string of the molecule is CCCCNC(=O)C1CCC(C)N(C(=O)CC2(O)CCCC2)C1. The Bertz CT molecular complexity index is 418. The first-order valence-corrected chi connectivity index (χ1v) is 9.25. The summed E-state index contributed by atoms with van der Waals surface area (Å²) in [5, 5.41) is 13.5. The zero-order chi connectivity index (χ0) is 16.9. The smallest absolute Gasteiger partial charge is 0.225 e. The van der Waals surface area contributed by atoms with Crippen LogP contribution < -0.4 is 5.32 Å². The summed E-state index contributed by atoms with van der Waals surface area (Å²) in [7, 11) is 0. The lowest BCUT2D eigenvalue weighted by Gasteiger charge is -2.39. The number of rotatable bonds is 6. The summed E-state index contributed by atoms with van der Waals surface area (Å²) in [6.07, 6.45) is 7.41. The summed E-state index contributed by atoms with van der Waals surface area (Å²) in [6.45, 7) is 5.35. The number of carbonyl (C=O) groups excluding carboxylic acids is 2. The first-order valence-electron chi connectivity index (χ1n) is 9.25. The van der Waals surface area contributed by atoms with Gasteiger partial charge in [-0.25, -0.2) is 0 Å². The highest BCUT2D eigenvalue weighted by molar-refractivity contribution is 5.82. The Morgan fingerprint density at radius 1 is 1.26 bits per heavy atom. The highest BCUT2D eigenvalue weighted by atomic mass is 16.3. The van der Waals surface area contributed by atoms with E-state index < -0.39 is 5.60 Å². The van der Waals surface area contributed by atoms with Crippen LogP contribution in [-0.2, 0) is 9.59 Å². The molecule has 2 unspecified atom stereocenters. The van der Waals surface area contributed by atoms with Crippen molar-refractivity contribution in [2.45, 2.75) is 83.3 Å². The summed E-state index contributed by atoms with van der Waals surface area (Å²) < 4.78 is 0. The number of carbonyl (C=O) groups is 2. The molecule has 1 saturated heterocycles. The highest BCUT2D eigenvalue weighted by Gasteiger charge is 2.38. The maximum atomic E-state index is 12.6. The molecule has 2 N–H and O–H groups in total. The predicted octanol–water partition coefficient (Wildman–Crippen LogP) is 2.22. The van der Waals surface area contributed by atoms with Crippen molar-refractivity contribution in [2.24, 2.45) is 5.92 Å². The van der Waals surface area contributed by atoms with Crippen molar-refractivity contribution >= 4 is 11.8 Å². The Balaban J connectivity index is 1.89. The number of piperidine rings is 1. The van der Waals surface area contributed by atoms with Crippen LogP contribution in [0.25, 0.3) is 0 Å². The van der Waals surface area contributed by atoms with E-state index in [4.69, 9.17) is 0 Å². The van der Waals surface area contributed by atoms with E-state index in [9.17, 15) is 14.7 Å². The topological polar surface area (TPSA) is 69.6 Å². The van der Waals surface area contributed by atoms with Crippen molar-refractivity contribution in [1.82, 2.24) is 10.2 Å². The number of hydrogen-bond acceptors (Lipinski definition) is 3. The molecule has 2 fully saturated rings. The summed E-state index contributed by atoms with van der Waals surface area (Å²) in [4.78, 5) is 26.7. The van der Waals surface area contributed by atoms with E-state index in [0.717, 1.165) is 57.9 Å². The molecule has 5 nitrogen and oxygen atoms in total. The van der Waals surface area contributed by atoms with Gasteiger partial charge in [0.1, 0.15) is 0 Å². The van der Waals surface area contributed by atoms with E-state index in [1.165, 1.54) is 0 Å². The fourth-order valence-corrected chi connectivity index (χ4v) is 3.79. The van der Waals surface area contributed by atoms with Gasteiger partial charge in [-0.1, -0.05) is 26.2 Å². The lowest BCUT2D eigenvalue weighted by atomic mass is 9.90. The maximum absolute atomic E-state index is 12.6. The minimum absolute atomic E-state index is 0.00737. The summed E-state index contributed by atoms with van der Waals surface area (Å²) in [6, 6.07) is 0.159. The first kappa shape index (κ1) is 18.2. The molecule has 0 bridgehead atoms. The molecular formula is C18H32N2O3. The van der Waals surface area contributed by atoms with Crippen molar-refractivity contribution in [1.29, 1.82) is 0 Å². The summed E-state index contributed by atoms with van der Waals surface area (Å²) in [5.74, 6) is -0.0269. The molecule has 2 atom stereocenters. The molecule has 2 amide bonds. The van der Waals surface area contributed by atoms with Gasteiger partial charge in [0, 0.05) is 19.1 Å². The van der Waals surface area contributed by atoms with Gasteiger partial charge in [0.25, 0.3) is 0 Å². The van der Waals surface area contributed by atoms with E-state index in [1.54, 1.807) is 0 Å². The van der Waals surface area contributed by atoms with Gasteiger partial charge >= 0.3 is 0 Å². The number of hydrogen-bond donors (Lipinski definition) is 2. The van der Waals surface area contributed by atoms with Crippen LogP contribution in [0.15, 0.2) is 0 Å². The predicted molar refractivity (Wildman–Crippen MR) is 89.9 cm³/mol. The molecule has 1 aliphatic heterocycles. The van der Waals surface area contributed by atoms with E-state index in [2.05, 4.69) is 12.2 Å². The second kappa shape index (κ2) is 8.13. The average Bonchev–Trinajstić information content (AvgIpc) is 2.94. The van der Waals surface area contributed by atoms with Crippen molar-refractivity contribution in [3.63, 3.8) is 0 Å². The fraction of sp³-hybridized carbons (Fsp3) is 0.889. The number of amides is 2. The third-order valence-corrected chi connectivity index (χ3v) is 5.42. The number of nitrogens with one attached hydrogen (secondary N) is 1. The molecule has 2 aliphatic rings. The monoisotopic (exact) mass is 324 g/mol. The molecule has 2 rings (SSSR count). The van der Waals surface area contributed by atoms with Crippen LogP contribution in [0.2, 0.25) is 0 Å². The molecule has 132 valence electrons. The second-order valence-electron chi connectivity index (χ2n) is 7.42. The zero-order valence-corrected chi connectivity index (χ0v) is 14.6. The second-order valence-corrected chi connectivity index (χ2v) is 7.42. The third-order valence-electron chi connectivity index (χ3n) is 5.42. The van der Waals surface area contributed by atoms with Gasteiger partial charge in [-0.15, -0.1) is 0 Å². The molecule has 0 radical (unpaired) electrons. The van der Waals surface area contributed by atoms with Crippen LogP contribution in [0.4, 0.5) is 0 Å². The Kier molecular flexibility index (Phi) is 6.45. The van der Waals surface area contributed by atoms with Gasteiger partial charge in [-0.2, -0.15) is 0 Å². The third kappa shape index (κ3) is 4.93. The molecular weight excluding hydrogens is 292 g/mol. The molecule has 1 saturated carbocycles. The van der Waals surface area contributed by atoms with Gasteiger partial charge in [0.2, 0.25) is 11.8 Å². The van der Waals surface area contributed by atoms with Crippen LogP contribution >= 0.6 is 0 Å². The van der Waals surface area contributed by atoms with E-state index >= 15 is 0 Å². The Labute approximate surface area is 139 Å². The average molecular weight is 324 g/mol. The normalized spacial score (nSPS) is 27.0. The number of unbranched alkanes of at least 4 members (excludes halogenated alkanes) is 1. The highest BCUT2D eigenvalue weighted by Crippen LogP contribution is 2.34. The molecule has 0 aromatic rings. The van der Waals surface area contributed by atoms with Gasteiger partial charge in [-0.3, -0.25) is 9.59 Å². The van der Waals surface area contributed by atoms with Crippen molar-refractivity contribution in [3.05, 3.63) is 0 Å². The van der Waals surface area contributed by atoms with E-state index in [0.29, 0.717) is 6.54 Å². The standard InChI is InChI=1S/C18H32N2O3/c1-3-4-11-19-17(22)15-8-7-14(2)20(13-15)16(21)12-18(23)9-5-6-10-18/h14-15,23H,3-13H2,1-2H3,(H,19,22). The number of likely N-dealkylation sites (tertiary alicyclic amines) is 1. The van der Waals surface area contributed by atoms with Crippen LogP contribution in [0.1, 0.15) is 71.6 Å². The fourth-order valence-electron chi connectivity index (χ4n) is 3.79. The van der Waals surface area contributed by atoms with Crippen LogP contribution in [0, 0.1) is 5.92 Å². The quantitative estimate of drug-likeness (QED) is 0.736. The molecule has 0 aromatic carbocycles. The van der Waals surface area contributed by atoms with Gasteiger partial charge in [0.15, 0.2) is 0 Å². The molecule has 5 heteroatoms. The Morgan fingerprint density at radius 2 is 1.96 bits per heavy atom. The molecule has 1 aliphatic carbocycles. The zero-order valence-electron chi connectivity index (χ0n) is 14.6. The van der Waals surface area contributed by atoms with Crippen molar-refractivity contribution in [2.75, 3.05) is 13.1 Å². The van der Waals surface area contributed by atoms with E-state index in [-0.39, 0.29) is 30.2 Å². The first-order chi connectivity index (χ1) is 10.9. The molecule has 0 aromatic heterocycles. The van der Waals surface area contributed by atoms with E-state index in [1.807, 2.05) is 11.8 Å². The Hall–Kier alpha value is -1.10. The number of aliphatic hydroxyl groups is 1. The summed E-state index contributed by atoms with van der Waals surface area (Å²) >= 11 is 0. The minimum atomic E-state index is -0.812. The maximum Gasteiger partial charge on any atom is 0.225 e. The Morgan fingerprint density at radius 3 is 2.61 bits per heavy atom. The molecule has 0 spiro atoms. The molecule has 23 heavy (non-hydrogen) atoms. The molecule has 1 heterocycles. The lowest BCUT2D eigenvalue weighted by Crippen LogP contribution is -2.51. The summed E-state index contributed by atoms with van der Waals surface area (Å²) in [5.41, 5.74) is -0.812. The lowest BCUT2D eigenvalue weighted by molar-refractivity contribution is -0.142. The number of nitrogens with zero attached hydrogens (tertiary/aromatic N) is 1. The largest absolute Gasteiger partial charge is 0.389 e. The minimum Gasteiger partial charge on any atom is -0.389 e.